The van der Waals surface area contributed by atoms with Crippen LogP contribution in [0, 0.1) is 24.7 Å². The smallest absolute Gasteiger partial charge is 0.411 e. The van der Waals surface area contributed by atoms with Crippen molar-refractivity contribution in [3.8, 4) is 11.6 Å². The number of hydrogen-bond donors (Lipinski definition) is 3. The highest BCUT2D eigenvalue weighted by atomic mass is 32.2. The first kappa shape index (κ1) is 42.9. The lowest BCUT2D eigenvalue weighted by molar-refractivity contribution is -0.222. The van der Waals surface area contributed by atoms with Crippen LogP contribution in [0.15, 0.2) is 30.4 Å². The van der Waals surface area contributed by atoms with E-state index >= 15 is 0 Å². The maximum atomic E-state index is 15.0. The van der Waals surface area contributed by atoms with Gasteiger partial charge in [0.05, 0.1) is 29.4 Å². The maximum absolute atomic E-state index is 15.0. The molecule has 1 aromatic carbocycles. The van der Waals surface area contributed by atoms with Crippen molar-refractivity contribution in [3.63, 3.8) is 0 Å². The van der Waals surface area contributed by atoms with Gasteiger partial charge in [0.2, 0.25) is 27.7 Å². The molecular weight excluding hydrogens is 786 g/mol. The summed E-state index contributed by atoms with van der Waals surface area (Å²) in [6.45, 7) is 7.52. The number of aryl methyl sites for hydroxylation is 1. The van der Waals surface area contributed by atoms with Gasteiger partial charge in [0, 0.05) is 18.4 Å². The zero-order chi connectivity index (χ0) is 42.7. The van der Waals surface area contributed by atoms with E-state index in [1.165, 1.54) is 21.0 Å². The van der Waals surface area contributed by atoms with Crippen LogP contribution in [0.3, 0.4) is 0 Å². The van der Waals surface area contributed by atoms with Gasteiger partial charge in [-0.3, -0.25) is 24.0 Å². The molecule has 3 fully saturated rings. The van der Waals surface area contributed by atoms with Crippen LogP contribution in [-0.4, -0.2) is 111 Å². The number of fused-ring (bicyclic) bond motifs is 3. The fourth-order valence-corrected chi connectivity index (χ4v) is 9.40. The SMILES string of the molecule is COc1ccc2nc(C)c(O[C@@H]3C[C@H]4C(=O)N[C@]5(C(=O)NS(=O)(=O)C6(C)CC6)C[C@H]5C=CCC[C@@H](C)C[C@@H](C)[C@H](N(C(=O)O)C(C)(C)C(F)(F)F)C(=O)N4C3)nc2c1. The molecule has 2 aliphatic heterocycles. The number of carbonyl (C=O) groups excluding carboxylic acids is 3. The number of carboxylic acid groups (broad SMARTS) is 1. The molecule has 4 aliphatic rings. The number of carbonyl (C=O) groups is 4. The average molecular weight is 837 g/mol. The molecule has 2 saturated carbocycles. The number of hydrogen-bond acceptors (Lipinski definition) is 10. The van der Waals surface area contributed by atoms with E-state index in [1.54, 1.807) is 37.3 Å². The van der Waals surface area contributed by atoms with Crippen LogP contribution in [-0.2, 0) is 24.4 Å². The molecule has 0 radical (unpaired) electrons. The zero-order valence-corrected chi connectivity index (χ0v) is 34.4. The molecule has 58 heavy (non-hydrogen) atoms. The Labute approximate surface area is 335 Å². The van der Waals surface area contributed by atoms with Crippen molar-refractivity contribution in [1.29, 1.82) is 0 Å². The lowest BCUT2D eigenvalue weighted by Gasteiger charge is -2.45. The van der Waals surface area contributed by atoms with E-state index in [-0.39, 0.29) is 42.5 Å². The number of aromatic nitrogens is 2. The molecular formula is C39H51F3N6O9S. The largest absolute Gasteiger partial charge is 0.497 e. The Kier molecular flexibility index (Phi) is 11.2. The van der Waals surface area contributed by atoms with Crippen molar-refractivity contribution in [2.24, 2.45) is 17.8 Å². The van der Waals surface area contributed by atoms with Gasteiger partial charge in [0.15, 0.2) is 0 Å². The first-order chi connectivity index (χ1) is 26.9. The van der Waals surface area contributed by atoms with Gasteiger partial charge < -0.3 is 24.8 Å². The number of rotatable bonds is 8. The third-order valence-electron chi connectivity index (χ3n) is 12.3. The maximum Gasteiger partial charge on any atom is 0.411 e. The van der Waals surface area contributed by atoms with Crippen molar-refractivity contribution in [1.82, 2.24) is 29.8 Å². The fraction of sp³-hybridized carbons (Fsp3) is 0.641. The van der Waals surface area contributed by atoms with Crippen LogP contribution in [0.2, 0.25) is 0 Å². The third kappa shape index (κ3) is 8.02. The van der Waals surface area contributed by atoms with Crippen LogP contribution in [0.5, 0.6) is 11.6 Å². The summed E-state index contributed by atoms with van der Waals surface area (Å²) < 4.78 is 83.1. The van der Waals surface area contributed by atoms with E-state index in [0.29, 0.717) is 62.0 Å². The lowest BCUT2D eigenvalue weighted by atomic mass is 9.85. The summed E-state index contributed by atoms with van der Waals surface area (Å²) in [5, 5.41) is 13.2. The molecule has 3 N–H and O–H groups in total. The molecule has 4 amide bonds. The number of ether oxygens (including phenoxy) is 2. The van der Waals surface area contributed by atoms with Crippen LogP contribution in [0.25, 0.3) is 11.0 Å². The number of methoxy groups -OCH3 is 1. The monoisotopic (exact) mass is 836 g/mol. The van der Waals surface area contributed by atoms with E-state index in [1.807, 2.05) is 6.92 Å². The molecule has 318 valence electrons. The third-order valence-corrected chi connectivity index (χ3v) is 14.4. The van der Waals surface area contributed by atoms with Crippen LogP contribution < -0.4 is 19.5 Å². The Morgan fingerprint density at radius 1 is 1.10 bits per heavy atom. The molecule has 1 aromatic heterocycles. The first-order valence-corrected chi connectivity index (χ1v) is 20.9. The molecule has 2 aliphatic carbocycles. The number of benzene rings is 1. The van der Waals surface area contributed by atoms with Gasteiger partial charge in [0.1, 0.15) is 40.7 Å². The highest BCUT2D eigenvalue weighted by Crippen LogP contribution is 2.48. The van der Waals surface area contributed by atoms with Gasteiger partial charge in [-0.2, -0.15) is 13.2 Å². The van der Waals surface area contributed by atoms with Crippen molar-refractivity contribution in [2.75, 3.05) is 13.7 Å². The standard InChI is InChI=1S/C39H51F3N6O9S/c1-21-10-8-9-11-24-19-38(24,34(51)46-58(54,55)37(6)14-15-37)45-31(49)29-18-26(57-32-23(3)43-27-13-12-25(56-7)17-28(27)44-32)20-47(29)33(50)30(22(2)16-21)48(35(52)53)36(4,5)39(40,41)42/h9,11-13,17,21-22,24,26,29-30H,8,10,14-16,18-20H2,1-7H3,(H,45,49)(H,46,51)(H,52,53)/t21-,22-,24-,26-,29+,30+,38-/m1/s1. The minimum Gasteiger partial charge on any atom is -0.497 e. The summed E-state index contributed by atoms with van der Waals surface area (Å²) in [7, 11) is -2.64. The second-order valence-corrected chi connectivity index (χ2v) is 19.3. The van der Waals surface area contributed by atoms with Crippen molar-refractivity contribution in [2.45, 2.75) is 127 Å². The van der Waals surface area contributed by atoms with Gasteiger partial charge in [0.25, 0.3) is 5.91 Å². The number of sulfonamides is 1. The van der Waals surface area contributed by atoms with Crippen molar-refractivity contribution >= 4 is 44.9 Å². The number of nitrogens with one attached hydrogen (secondary N) is 2. The molecule has 7 atom stereocenters. The van der Waals surface area contributed by atoms with E-state index in [9.17, 15) is 45.9 Å². The normalized spacial score (nSPS) is 29.0. The minimum atomic E-state index is -5.10. The second kappa shape index (κ2) is 15.2. The van der Waals surface area contributed by atoms with Gasteiger partial charge in [-0.05, 0) is 90.2 Å². The summed E-state index contributed by atoms with van der Waals surface area (Å²) in [4.78, 5) is 66.6. The predicted molar refractivity (Wildman–Crippen MR) is 204 cm³/mol. The Morgan fingerprint density at radius 3 is 2.41 bits per heavy atom. The van der Waals surface area contributed by atoms with Crippen molar-refractivity contribution < 1.29 is 55.3 Å². The molecule has 1 saturated heterocycles. The predicted octanol–water partition coefficient (Wildman–Crippen LogP) is 4.87. The Hall–Kier alpha value is -4.68. The average Bonchev–Trinajstić information content (AvgIpc) is 4.01. The Morgan fingerprint density at radius 2 is 1.79 bits per heavy atom. The minimum absolute atomic E-state index is 0.0466. The van der Waals surface area contributed by atoms with Gasteiger partial charge >= 0.3 is 12.3 Å². The second-order valence-electron chi connectivity index (χ2n) is 17.1. The van der Waals surface area contributed by atoms with E-state index < -0.39 is 85.9 Å². The fourth-order valence-electron chi connectivity index (χ4n) is 8.09. The molecule has 15 nitrogen and oxygen atoms in total. The lowest BCUT2D eigenvalue weighted by Crippen LogP contribution is -2.66. The summed E-state index contributed by atoms with van der Waals surface area (Å²) >= 11 is 0. The molecule has 0 unspecified atom stereocenters. The molecule has 3 heterocycles. The van der Waals surface area contributed by atoms with Crippen LogP contribution in [0.1, 0.15) is 85.3 Å². The number of halogens is 3. The first-order valence-electron chi connectivity index (χ1n) is 19.4. The summed E-state index contributed by atoms with van der Waals surface area (Å²) in [5.74, 6) is -4.11. The summed E-state index contributed by atoms with van der Waals surface area (Å²) in [5.41, 5.74) is -3.46. The quantitative estimate of drug-likeness (QED) is 0.307. The van der Waals surface area contributed by atoms with Crippen LogP contribution >= 0.6 is 0 Å². The summed E-state index contributed by atoms with van der Waals surface area (Å²) in [6, 6.07) is 1.65. The van der Waals surface area contributed by atoms with Gasteiger partial charge in [-0.25, -0.2) is 23.2 Å². The van der Waals surface area contributed by atoms with E-state index in [4.69, 9.17) is 9.47 Å². The molecule has 19 heteroatoms. The molecule has 2 aromatic rings. The van der Waals surface area contributed by atoms with Gasteiger partial charge in [-0.1, -0.05) is 26.0 Å². The molecule has 6 rings (SSSR count). The Bertz CT molecular complexity index is 2130. The van der Waals surface area contributed by atoms with E-state index in [0.717, 1.165) is 4.90 Å². The number of nitrogens with zero attached hydrogens (tertiary/aromatic N) is 4. The highest BCUT2D eigenvalue weighted by Gasteiger charge is 2.64. The number of amides is 4. The number of allylic oxidation sites excluding steroid dienone is 1. The Balaban J connectivity index is 1.42. The highest BCUT2D eigenvalue weighted by molar-refractivity contribution is 7.91. The van der Waals surface area contributed by atoms with Crippen molar-refractivity contribution in [3.05, 3.63) is 36.0 Å². The summed E-state index contributed by atoms with van der Waals surface area (Å²) in [6.07, 6.45) is -2.91. The molecule has 0 spiro atoms. The zero-order valence-electron chi connectivity index (χ0n) is 33.6. The van der Waals surface area contributed by atoms with Crippen LogP contribution in [0.4, 0.5) is 18.0 Å². The molecule has 0 bridgehead atoms. The van der Waals surface area contributed by atoms with Gasteiger partial charge in [-0.15, -0.1) is 0 Å². The number of alkyl halides is 3. The van der Waals surface area contributed by atoms with E-state index in [2.05, 4.69) is 20.0 Å². The topological polar surface area (TPSA) is 197 Å².